The first kappa shape index (κ1) is 15.4. The van der Waals surface area contributed by atoms with Crippen molar-refractivity contribution >= 4 is 5.78 Å². The Morgan fingerprint density at radius 1 is 1.13 bits per heavy atom. The van der Waals surface area contributed by atoms with Crippen molar-refractivity contribution in [3.05, 3.63) is 35.5 Å². The van der Waals surface area contributed by atoms with Gasteiger partial charge in [-0.15, -0.1) is 0 Å². The first-order chi connectivity index (χ1) is 10.9. The molecule has 0 aromatic heterocycles. The minimum Gasteiger partial charge on any atom is -0.392 e. The van der Waals surface area contributed by atoms with Gasteiger partial charge in [-0.25, -0.2) is 0 Å². The molecule has 0 aliphatic heterocycles. The SMILES string of the molecule is CC(=O)C1=CC[C@H]2C3=CC[C@H]4CC=CC[C@]4(C)C3C[C@@H](O)[C@]12C. The van der Waals surface area contributed by atoms with E-state index >= 15 is 0 Å². The fourth-order valence-corrected chi connectivity index (χ4v) is 6.19. The van der Waals surface area contributed by atoms with Crippen LogP contribution in [0.5, 0.6) is 0 Å². The van der Waals surface area contributed by atoms with E-state index in [9.17, 15) is 9.90 Å². The summed E-state index contributed by atoms with van der Waals surface area (Å²) >= 11 is 0. The molecule has 1 N–H and O–H groups in total. The number of Topliss-reactive ketones (excluding diaryl/α,β-unsaturated/α-hetero) is 1. The zero-order valence-electron chi connectivity index (χ0n) is 14.5. The van der Waals surface area contributed by atoms with E-state index in [1.54, 1.807) is 12.5 Å². The average Bonchev–Trinajstić information content (AvgIpc) is 2.87. The molecule has 0 amide bonds. The molecule has 0 heterocycles. The molecule has 4 aliphatic rings. The number of aliphatic hydroxyl groups is 1. The molecule has 4 aliphatic carbocycles. The quantitative estimate of drug-likeness (QED) is 0.736. The van der Waals surface area contributed by atoms with E-state index in [2.05, 4.69) is 38.2 Å². The number of hydrogen-bond acceptors (Lipinski definition) is 2. The lowest BCUT2D eigenvalue weighted by atomic mass is 9.48. The largest absolute Gasteiger partial charge is 0.392 e. The summed E-state index contributed by atoms with van der Waals surface area (Å²) in [6.07, 6.45) is 14.0. The average molecular weight is 312 g/mol. The number of allylic oxidation sites excluding steroid dienone is 5. The Morgan fingerprint density at radius 2 is 1.91 bits per heavy atom. The molecule has 0 aromatic rings. The minimum atomic E-state index is -0.409. The van der Waals surface area contributed by atoms with Gasteiger partial charge in [0.05, 0.1) is 6.10 Å². The lowest BCUT2D eigenvalue weighted by molar-refractivity contribution is -0.117. The molecular weight excluding hydrogens is 284 g/mol. The summed E-state index contributed by atoms with van der Waals surface area (Å²) in [5.41, 5.74) is 2.31. The minimum absolute atomic E-state index is 0.133. The highest BCUT2D eigenvalue weighted by Crippen LogP contribution is 2.64. The molecule has 2 nitrogen and oxygen atoms in total. The van der Waals surface area contributed by atoms with Gasteiger partial charge in [0.1, 0.15) is 0 Å². The number of hydrogen-bond donors (Lipinski definition) is 1. The maximum atomic E-state index is 12.1. The third-order valence-electron chi connectivity index (χ3n) is 7.71. The van der Waals surface area contributed by atoms with Gasteiger partial charge in [-0.1, -0.05) is 43.7 Å². The number of carbonyl (C=O) groups is 1. The topological polar surface area (TPSA) is 37.3 Å². The fourth-order valence-electron chi connectivity index (χ4n) is 6.19. The van der Waals surface area contributed by atoms with E-state index in [1.807, 2.05) is 0 Å². The van der Waals surface area contributed by atoms with Gasteiger partial charge in [0.15, 0.2) is 5.78 Å². The number of rotatable bonds is 1. The molecule has 2 heteroatoms. The van der Waals surface area contributed by atoms with E-state index in [-0.39, 0.29) is 16.6 Å². The number of carbonyl (C=O) groups excluding carboxylic acids is 1. The first-order valence-corrected chi connectivity index (χ1v) is 9.13. The molecule has 1 unspecified atom stereocenters. The molecule has 124 valence electrons. The molecule has 6 atom stereocenters. The fraction of sp³-hybridized carbons (Fsp3) is 0.667. The van der Waals surface area contributed by atoms with E-state index in [0.717, 1.165) is 31.3 Å². The van der Waals surface area contributed by atoms with Crippen LogP contribution in [0.25, 0.3) is 0 Å². The Labute approximate surface area is 139 Å². The Hall–Kier alpha value is -1.15. The Morgan fingerprint density at radius 3 is 2.65 bits per heavy atom. The van der Waals surface area contributed by atoms with Crippen LogP contribution < -0.4 is 0 Å². The lowest BCUT2D eigenvalue weighted by Gasteiger charge is -2.57. The van der Waals surface area contributed by atoms with Crippen LogP contribution in [0.3, 0.4) is 0 Å². The molecular formula is C21H28O2. The predicted octanol–water partition coefficient (Wildman–Crippen LogP) is 4.21. The summed E-state index contributed by atoms with van der Waals surface area (Å²) in [6, 6.07) is 0. The molecule has 4 rings (SSSR count). The zero-order valence-corrected chi connectivity index (χ0v) is 14.5. The molecule has 0 saturated heterocycles. The summed E-state index contributed by atoms with van der Waals surface area (Å²) in [4.78, 5) is 12.1. The Kier molecular flexibility index (Phi) is 3.29. The standard InChI is InChI=1S/C21H28O2/c1-13(22)16-9-10-17-15-8-7-14-6-4-5-11-20(14,2)18(15)12-19(23)21(16,17)3/h4-5,8-9,14,17-19,23H,6-7,10-12H2,1-3H3/t14-,17+,18?,19-,20+,21-/m1/s1. The van der Waals surface area contributed by atoms with Crippen LogP contribution in [0, 0.1) is 28.6 Å². The van der Waals surface area contributed by atoms with Crippen LogP contribution in [0.1, 0.15) is 52.9 Å². The first-order valence-electron chi connectivity index (χ1n) is 9.13. The van der Waals surface area contributed by atoms with Crippen molar-refractivity contribution in [3.63, 3.8) is 0 Å². The summed E-state index contributed by atoms with van der Waals surface area (Å²) in [6.45, 7) is 6.20. The highest BCUT2D eigenvalue weighted by Gasteiger charge is 2.58. The smallest absolute Gasteiger partial charge is 0.156 e. The van der Waals surface area contributed by atoms with Crippen LogP contribution in [0.15, 0.2) is 35.5 Å². The summed E-state index contributed by atoms with van der Waals surface area (Å²) < 4.78 is 0. The highest BCUT2D eigenvalue weighted by atomic mass is 16.3. The van der Waals surface area contributed by atoms with Gasteiger partial charge in [-0.2, -0.15) is 0 Å². The molecule has 0 spiro atoms. The lowest BCUT2D eigenvalue weighted by Crippen LogP contribution is -2.53. The van der Waals surface area contributed by atoms with E-state index < -0.39 is 6.10 Å². The second-order valence-electron chi connectivity index (χ2n) is 8.60. The molecule has 0 radical (unpaired) electrons. The van der Waals surface area contributed by atoms with Gasteiger partial charge in [0.25, 0.3) is 0 Å². The van der Waals surface area contributed by atoms with Crippen LogP contribution >= 0.6 is 0 Å². The van der Waals surface area contributed by atoms with Crippen LogP contribution in [-0.2, 0) is 4.79 Å². The molecule has 0 bridgehead atoms. The Bertz CT molecular complexity index is 640. The normalized spacial score (nSPS) is 48.0. The van der Waals surface area contributed by atoms with Crippen LogP contribution in [0.2, 0.25) is 0 Å². The zero-order chi connectivity index (χ0) is 16.4. The van der Waals surface area contributed by atoms with Crippen LogP contribution in [0.4, 0.5) is 0 Å². The molecule has 0 aromatic carbocycles. The second kappa shape index (κ2) is 4.92. The maximum absolute atomic E-state index is 12.1. The monoisotopic (exact) mass is 312 g/mol. The second-order valence-corrected chi connectivity index (χ2v) is 8.60. The van der Waals surface area contributed by atoms with Crippen molar-refractivity contribution in [1.82, 2.24) is 0 Å². The molecule has 1 saturated carbocycles. The summed E-state index contributed by atoms with van der Waals surface area (Å²) in [7, 11) is 0. The number of aliphatic hydroxyl groups excluding tert-OH is 1. The van der Waals surface area contributed by atoms with E-state index in [4.69, 9.17) is 0 Å². The van der Waals surface area contributed by atoms with Crippen molar-refractivity contribution in [1.29, 1.82) is 0 Å². The molecule has 1 fully saturated rings. The highest BCUT2D eigenvalue weighted by molar-refractivity contribution is 5.95. The van der Waals surface area contributed by atoms with Crippen molar-refractivity contribution in [2.75, 3.05) is 0 Å². The third kappa shape index (κ3) is 1.88. The van der Waals surface area contributed by atoms with Crippen molar-refractivity contribution in [2.24, 2.45) is 28.6 Å². The number of fused-ring (bicyclic) bond motifs is 5. The van der Waals surface area contributed by atoms with Crippen molar-refractivity contribution in [2.45, 2.75) is 59.0 Å². The van der Waals surface area contributed by atoms with Gasteiger partial charge in [0.2, 0.25) is 0 Å². The van der Waals surface area contributed by atoms with Gasteiger partial charge in [-0.05, 0) is 67.8 Å². The predicted molar refractivity (Wildman–Crippen MR) is 91.8 cm³/mol. The number of ketones is 1. The Balaban J connectivity index is 1.76. The van der Waals surface area contributed by atoms with E-state index in [1.165, 1.54) is 6.42 Å². The molecule has 23 heavy (non-hydrogen) atoms. The van der Waals surface area contributed by atoms with Crippen LogP contribution in [-0.4, -0.2) is 17.0 Å². The van der Waals surface area contributed by atoms with Gasteiger partial charge in [0, 0.05) is 5.41 Å². The summed E-state index contributed by atoms with van der Waals surface area (Å²) in [5.74, 6) is 1.63. The maximum Gasteiger partial charge on any atom is 0.156 e. The third-order valence-corrected chi connectivity index (χ3v) is 7.71. The van der Waals surface area contributed by atoms with Gasteiger partial charge in [-0.3, -0.25) is 4.79 Å². The van der Waals surface area contributed by atoms with E-state index in [0.29, 0.717) is 17.8 Å². The van der Waals surface area contributed by atoms with Crippen molar-refractivity contribution < 1.29 is 9.90 Å². The summed E-state index contributed by atoms with van der Waals surface area (Å²) in [5, 5.41) is 11.1. The van der Waals surface area contributed by atoms with Gasteiger partial charge < -0.3 is 5.11 Å². The van der Waals surface area contributed by atoms with Crippen molar-refractivity contribution in [3.8, 4) is 0 Å². The van der Waals surface area contributed by atoms with Gasteiger partial charge >= 0.3 is 0 Å².